The van der Waals surface area contributed by atoms with Gasteiger partial charge in [0.2, 0.25) is 15.9 Å². The second-order valence-corrected chi connectivity index (χ2v) is 9.15. The van der Waals surface area contributed by atoms with Gasteiger partial charge in [-0.1, -0.05) is 18.2 Å². The van der Waals surface area contributed by atoms with Gasteiger partial charge in [-0.15, -0.1) is 0 Å². The van der Waals surface area contributed by atoms with E-state index in [9.17, 15) is 13.2 Å². The molecule has 0 heterocycles. The summed E-state index contributed by atoms with van der Waals surface area (Å²) in [6.07, 6.45) is 1.23. The Bertz CT molecular complexity index is 857. The summed E-state index contributed by atoms with van der Waals surface area (Å²) in [4.78, 5) is 12.2. The summed E-state index contributed by atoms with van der Waals surface area (Å²) in [5.74, 6) is 1.15. The first-order valence-corrected chi connectivity index (χ1v) is 10.5. The second kappa shape index (κ2) is 8.54. The number of benzene rings is 2. The summed E-state index contributed by atoms with van der Waals surface area (Å²) >= 11 is 0. The average molecular weight is 391 g/mol. The van der Waals surface area contributed by atoms with E-state index in [1.165, 1.54) is 4.31 Å². The van der Waals surface area contributed by atoms with E-state index < -0.39 is 15.6 Å². The first-order chi connectivity index (χ1) is 12.6. The number of nitrogens with zero attached hydrogens (tertiary/aromatic N) is 1. The van der Waals surface area contributed by atoms with E-state index in [0.29, 0.717) is 11.4 Å². The molecule has 0 saturated heterocycles. The number of hydrogen-bond donors (Lipinski definition) is 1. The van der Waals surface area contributed by atoms with E-state index >= 15 is 0 Å². The molecule has 0 bridgehead atoms. The highest BCUT2D eigenvalue weighted by atomic mass is 32.2. The number of para-hydroxylation sites is 1. The molecule has 0 spiro atoms. The lowest BCUT2D eigenvalue weighted by Gasteiger charge is -2.33. The largest absolute Gasteiger partial charge is 0.457 e. The predicted molar refractivity (Wildman–Crippen MR) is 108 cm³/mol. The monoisotopic (exact) mass is 390 g/mol. The highest BCUT2D eigenvalue weighted by Crippen LogP contribution is 2.23. The van der Waals surface area contributed by atoms with Gasteiger partial charge < -0.3 is 10.1 Å². The van der Waals surface area contributed by atoms with E-state index in [1.807, 2.05) is 30.3 Å². The molecule has 0 aliphatic heterocycles. The summed E-state index contributed by atoms with van der Waals surface area (Å²) in [7, 11) is -3.39. The van der Waals surface area contributed by atoms with Crippen molar-refractivity contribution in [3.63, 3.8) is 0 Å². The number of sulfonamides is 1. The van der Waals surface area contributed by atoms with E-state index in [2.05, 4.69) is 5.32 Å². The molecule has 27 heavy (non-hydrogen) atoms. The fourth-order valence-electron chi connectivity index (χ4n) is 2.66. The van der Waals surface area contributed by atoms with Gasteiger partial charge >= 0.3 is 0 Å². The second-order valence-electron chi connectivity index (χ2n) is 7.24. The number of carbonyl (C=O) groups excluding carboxylic acids is 1. The fourth-order valence-corrected chi connectivity index (χ4v) is 4.07. The van der Waals surface area contributed by atoms with Crippen LogP contribution in [0.3, 0.4) is 0 Å². The fraction of sp³-hybridized carbons (Fsp3) is 0.350. The van der Waals surface area contributed by atoms with Crippen LogP contribution in [0.25, 0.3) is 0 Å². The molecule has 1 amide bonds. The van der Waals surface area contributed by atoms with Crippen LogP contribution >= 0.6 is 0 Å². The summed E-state index contributed by atoms with van der Waals surface area (Å²) in [6.45, 7) is 5.54. The molecular formula is C20H26N2O4S. The molecule has 0 saturated carbocycles. The standard InChI is InChI=1S/C20H26N2O4S/c1-20(2,3)22(27(4,24)25)15-14-19(23)21-16-10-12-18(13-11-16)26-17-8-6-5-7-9-17/h5-13H,14-15H2,1-4H3,(H,21,23). The number of carbonyl (C=O) groups is 1. The number of anilines is 1. The van der Waals surface area contributed by atoms with Gasteiger partial charge in [0.05, 0.1) is 6.26 Å². The summed E-state index contributed by atoms with van der Waals surface area (Å²) in [6, 6.07) is 16.4. The molecule has 2 aromatic carbocycles. The summed E-state index contributed by atoms with van der Waals surface area (Å²) < 4.78 is 30.9. The van der Waals surface area contributed by atoms with E-state index in [1.54, 1.807) is 45.0 Å². The minimum absolute atomic E-state index is 0.0760. The van der Waals surface area contributed by atoms with E-state index in [0.717, 1.165) is 12.0 Å². The van der Waals surface area contributed by atoms with E-state index in [-0.39, 0.29) is 18.9 Å². The van der Waals surface area contributed by atoms with Gasteiger partial charge in [-0.05, 0) is 57.2 Å². The van der Waals surface area contributed by atoms with Crippen LogP contribution in [0.4, 0.5) is 5.69 Å². The Morgan fingerprint density at radius 2 is 1.56 bits per heavy atom. The smallest absolute Gasteiger partial charge is 0.225 e. The Labute approximate surface area is 161 Å². The molecule has 0 atom stereocenters. The molecule has 1 N–H and O–H groups in total. The molecule has 7 heteroatoms. The Morgan fingerprint density at radius 1 is 1.00 bits per heavy atom. The van der Waals surface area contributed by atoms with Crippen molar-refractivity contribution in [1.29, 1.82) is 0 Å². The van der Waals surface area contributed by atoms with Gasteiger partial charge in [-0.25, -0.2) is 8.42 Å². The first-order valence-electron chi connectivity index (χ1n) is 8.66. The van der Waals surface area contributed by atoms with Crippen molar-refractivity contribution < 1.29 is 17.9 Å². The zero-order valence-electron chi connectivity index (χ0n) is 16.1. The molecule has 0 unspecified atom stereocenters. The van der Waals surface area contributed by atoms with Crippen molar-refractivity contribution in [2.45, 2.75) is 32.7 Å². The normalized spacial score (nSPS) is 12.0. The molecular weight excluding hydrogens is 364 g/mol. The van der Waals surface area contributed by atoms with Gasteiger partial charge in [-0.2, -0.15) is 4.31 Å². The molecule has 146 valence electrons. The van der Waals surface area contributed by atoms with Crippen molar-refractivity contribution in [3.8, 4) is 11.5 Å². The zero-order valence-corrected chi connectivity index (χ0v) is 16.9. The lowest BCUT2D eigenvalue weighted by atomic mass is 10.1. The maximum atomic E-state index is 12.2. The number of rotatable bonds is 7. The molecule has 0 aliphatic carbocycles. The van der Waals surface area contributed by atoms with Crippen LogP contribution in [0.2, 0.25) is 0 Å². The summed E-state index contributed by atoms with van der Waals surface area (Å²) in [5.41, 5.74) is 0.0478. The van der Waals surface area contributed by atoms with Crippen LogP contribution in [0.1, 0.15) is 27.2 Å². The summed E-state index contributed by atoms with van der Waals surface area (Å²) in [5, 5.41) is 2.78. The predicted octanol–water partition coefficient (Wildman–Crippen LogP) is 3.87. The number of amides is 1. The highest BCUT2D eigenvalue weighted by Gasteiger charge is 2.29. The van der Waals surface area contributed by atoms with Crippen LogP contribution in [-0.4, -0.2) is 37.0 Å². The van der Waals surface area contributed by atoms with Gasteiger partial charge in [0.1, 0.15) is 11.5 Å². The van der Waals surface area contributed by atoms with Crippen LogP contribution < -0.4 is 10.1 Å². The molecule has 2 aromatic rings. The molecule has 0 aromatic heterocycles. The Balaban J connectivity index is 1.92. The van der Waals surface area contributed by atoms with Crippen molar-refractivity contribution in [2.24, 2.45) is 0 Å². The van der Waals surface area contributed by atoms with E-state index in [4.69, 9.17) is 4.74 Å². The van der Waals surface area contributed by atoms with Crippen molar-refractivity contribution in [3.05, 3.63) is 54.6 Å². The minimum Gasteiger partial charge on any atom is -0.457 e. The number of nitrogens with one attached hydrogen (secondary N) is 1. The molecule has 0 radical (unpaired) electrons. The van der Waals surface area contributed by atoms with Gasteiger partial charge in [0, 0.05) is 24.2 Å². The van der Waals surface area contributed by atoms with Crippen LogP contribution in [0.5, 0.6) is 11.5 Å². The first kappa shape index (κ1) is 20.9. The third kappa shape index (κ3) is 6.69. The van der Waals surface area contributed by atoms with Gasteiger partial charge in [0.25, 0.3) is 0 Å². The Hall–Kier alpha value is -2.38. The lowest BCUT2D eigenvalue weighted by Crippen LogP contribution is -2.46. The quantitative estimate of drug-likeness (QED) is 0.779. The molecule has 2 rings (SSSR count). The SMILES string of the molecule is CC(C)(C)N(CCC(=O)Nc1ccc(Oc2ccccc2)cc1)S(C)(=O)=O. The third-order valence-electron chi connectivity index (χ3n) is 3.81. The molecule has 0 fully saturated rings. The zero-order chi connectivity index (χ0) is 20.1. The van der Waals surface area contributed by atoms with Crippen molar-refractivity contribution >= 4 is 21.6 Å². The van der Waals surface area contributed by atoms with Crippen LogP contribution in [-0.2, 0) is 14.8 Å². The van der Waals surface area contributed by atoms with Gasteiger partial charge in [0.15, 0.2) is 0 Å². The van der Waals surface area contributed by atoms with Crippen molar-refractivity contribution in [2.75, 3.05) is 18.1 Å². The molecule has 6 nitrogen and oxygen atoms in total. The lowest BCUT2D eigenvalue weighted by molar-refractivity contribution is -0.116. The highest BCUT2D eigenvalue weighted by molar-refractivity contribution is 7.88. The Morgan fingerprint density at radius 3 is 2.07 bits per heavy atom. The maximum Gasteiger partial charge on any atom is 0.225 e. The average Bonchev–Trinajstić information content (AvgIpc) is 2.55. The van der Waals surface area contributed by atoms with Crippen molar-refractivity contribution in [1.82, 2.24) is 4.31 Å². The third-order valence-corrected chi connectivity index (χ3v) is 5.34. The molecule has 0 aliphatic rings. The van der Waals surface area contributed by atoms with Crippen LogP contribution in [0, 0.1) is 0 Å². The topological polar surface area (TPSA) is 75.7 Å². The maximum absolute atomic E-state index is 12.2. The number of ether oxygens (including phenoxy) is 1. The van der Waals surface area contributed by atoms with Gasteiger partial charge in [-0.3, -0.25) is 4.79 Å². The van der Waals surface area contributed by atoms with Crippen LogP contribution in [0.15, 0.2) is 54.6 Å². The number of hydrogen-bond acceptors (Lipinski definition) is 4. The Kier molecular flexibility index (Phi) is 6.62. The minimum atomic E-state index is -3.39.